The highest BCUT2D eigenvalue weighted by Crippen LogP contribution is 2.25. The molecule has 0 aliphatic carbocycles. The zero-order chi connectivity index (χ0) is 20.4. The summed E-state index contributed by atoms with van der Waals surface area (Å²) in [5, 5.41) is 9.50. The molecule has 0 spiro atoms. The molecule has 9 heteroatoms. The van der Waals surface area contributed by atoms with E-state index in [4.69, 9.17) is 0 Å². The van der Waals surface area contributed by atoms with Crippen LogP contribution in [0.4, 0.5) is 0 Å². The number of aromatic nitrogens is 3. The van der Waals surface area contributed by atoms with Crippen molar-refractivity contribution in [3.05, 3.63) is 69.2 Å². The van der Waals surface area contributed by atoms with Gasteiger partial charge in [0.15, 0.2) is 0 Å². The number of piperidine rings is 1. The van der Waals surface area contributed by atoms with Crippen LogP contribution in [0.1, 0.15) is 29.8 Å². The van der Waals surface area contributed by atoms with Crippen LogP contribution in [-0.2, 0) is 22.2 Å². The summed E-state index contributed by atoms with van der Waals surface area (Å²) < 4.78 is 28.8. The summed E-state index contributed by atoms with van der Waals surface area (Å²) >= 11 is 1.49. The number of sulfonamides is 1. The Kier molecular flexibility index (Phi) is 5.71. The van der Waals surface area contributed by atoms with E-state index >= 15 is 0 Å². The number of nitrogens with one attached hydrogen (secondary N) is 1. The molecule has 4 rings (SSSR count). The SMILES string of the molecule is Cc1ccc(CS(=O)(=O)N2CCC(Cc3n[nH]c(=O)n3-c3cccs3)CC2)cc1. The van der Waals surface area contributed by atoms with E-state index in [1.165, 1.54) is 11.3 Å². The summed E-state index contributed by atoms with van der Waals surface area (Å²) in [6.07, 6.45) is 2.18. The van der Waals surface area contributed by atoms with E-state index in [2.05, 4.69) is 10.2 Å². The molecular weight excluding hydrogens is 408 g/mol. The number of benzene rings is 1. The van der Waals surface area contributed by atoms with Crippen LogP contribution in [-0.4, -0.2) is 40.6 Å². The summed E-state index contributed by atoms with van der Waals surface area (Å²) in [4.78, 5) is 12.1. The van der Waals surface area contributed by atoms with Crippen LogP contribution in [0.25, 0.3) is 5.00 Å². The average Bonchev–Trinajstić information content (AvgIpc) is 3.34. The second kappa shape index (κ2) is 8.25. The number of hydrogen-bond donors (Lipinski definition) is 1. The van der Waals surface area contributed by atoms with Gasteiger partial charge in [-0.3, -0.25) is 0 Å². The van der Waals surface area contributed by atoms with E-state index in [0.29, 0.717) is 31.3 Å². The maximum Gasteiger partial charge on any atom is 0.348 e. The molecule has 0 atom stereocenters. The first-order valence-electron chi connectivity index (χ1n) is 9.66. The highest BCUT2D eigenvalue weighted by Gasteiger charge is 2.29. The summed E-state index contributed by atoms with van der Waals surface area (Å²) in [5.74, 6) is 1.04. The molecule has 1 aliphatic heterocycles. The predicted octanol–water partition coefficient (Wildman–Crippen LogP) is 2.72. The van der Waals surface area contributed by atoms with Gasteiger partial charge in [0.2, 0.25) is 10.0 Å². The number of thiophene rings is 1. The van der Waals surface area contributed by atoms with Gasteiger partial charge >= 0.3 is 5.69 Å². The molecule has 3 heterocycles. The minimum absolute atomic E-state index is 0.0369. The third-order valence-electron chi connectivity index (χ3n) is 5.38. The summed E-state index contributed by atoms with van der Waals surface area (Å²) in [5.41, 5.74) is 1.70. The second-order valence-electron chi connectivity index (χ2n) is 7.52. The molecule has 0 amide bonds. The number of H-pyrrole nitrogens is 1. The van der Waals surface area contributed by atoms with Gasteiger partial charge in [0.05, 0.1) is 5.75 Å². The fourth-order valence-electron chi connectivity index (χ4n) is 3.73. The largest absolute Gasteiger partial charge is 0.348 e. The van der Waals surface area contributed by atoms with Crippen LogP contribution in [0.3, 0.4) is 0 Å². The number of hydrogen-bond acceptors (Lipinski definition) is 5. The van der Waals surface area contributed by atoms with Gasteiger partial charge in [-0.1, -0.05) is 29.8 Å². The van der Waals surface area contributed by atoms with Crippen molar-refractivity contribution in [3.8, 4) is 5.00 Å². The smallest absolute Gasteiger partial charge is 0.246 e. The van der Waals surface area contributed by atoms with Gasteiger partial charge in [-0.05, 0) is 48.8 Å². The fourth-order valence-corrected chi connectivity index (χ4v) is 6.04. The number of aryl methyl sites for hydroxylation is 1. The zero-order valence-corrected chi connectivity index (χ0v) is 17.9. The molecule has 1 N–H and O–H groups in total. The Morgan fingerprint density at radius 2 is 1.90 bits per heavy atom. The van der Waals surface area contributed by atoms with E-state index < -0.39 is 10.0 Å². The van der Waals surface area contributed by atoms with Crippen molar-refractivity contribution in [2.75, 3.05) is 13.1 Å². The predicted molar refractivity (Wildman–Crippen MR) is 114 cm³/mol. The van der Waals surface area contributed by atoms with E-state index in [9.17, 15) is 13.2 Å². The lowest BCUT2D eigenvalue weighted by Crippen LogP contribution is -2.39. The van der Waals surface area contributed by atoms with Gasteiger partial charge in [0.25, 0.3) is 0 Å². The molecule has 0 radical (unpaired) electrons. The van der Waals surface area contributed by atoms with Crippen molar-refractivity contribution in [3.63, 3.8) is 0 Å². The minimum Gasteiger partial charge on any atom is -0.246 e. The highest BCUT2D eigenvalue weighted by molar-refractivity contribution is 7.88. The van der Waals surface area contributed by atoms with Crippen molar-refractivity contribution in [1.82, 2.24) is 19.1 Å². The maximum absolute atomic E-state index is 12.8. The lowest BCUT2D eigenvalue weighted by molar-refractivity contribution is 0.269. The van der Waals surface area contributed by atoms with Crippen LogP contribution in [0.2, 0.25) is 0 Å². The Balaban J connectivity index is 1.39. The van der Waals surface area contributed by atoms with Crippen molar-refractivity contribution < 1.29 is 8.42 Å². The van der Waals surface area contributed by atoms with Gasteiger partial charge in [0.1, 0.15) is 10.8 Å². The molecule has 7 nitrogen and oxygen atoms in total. The van der Waals surface area contributed by atoms with Crippen molar-refractivity contribution in [2.24, 2.45) is 5.92 Å². The van der Waals surface area contributed by atoms with E-state index in [0.717, 1.165) is 29.0 Å². The van der Waals surface area contributed by atoms with Gasteiger partial charge in [-0.25, -0.2) is 27.2 Å². The monoisotopic (exact) mass is 432 g/mol. The average molecular weight is 433 g/mol. The molecule has 3 aromatic rings. The Morgan fingerprint density at radius 3 is 2.55 bits per heavy atom. The van der Waals surface area contributed by atoms with Gasteiger partial charge in [-0.2, -0.15) is 5.10 Å². The molecule has 2 aromatic heterocycles. The molecule has 0 unspecified atom stereocenters. The topological polar surface area (TPSA) is 88.1 Å². The summed E-state index contributed by atoms with van der Waals surface area (Å²) in [7, 11) is -3.33. The van der Waals surface area contributed by atoms with Gasteiger partial charge < -0.3 is 0 Å². The van der Waals surface area contributed by atoms with Crippen LogP contribution >= 0.6 is 11.3 Å². The first-order valence-corrected chi connectivity index (χ1v) is 12.1. The molecule has 0 bridgehead atoms. The van der Waals surface area contributed by atoms with E-state index in [1.807, 2.05) is 48.7 Å². The summed E-state index contributed by atoms with van der Waals surface area (Å²) in [6, 6.07) is 11.4. The van der Waals surface area contributed by atoms with Gasteiger partial charge in [-0.15, -0.1) is 11.3 Å². The molecule has 1 saturated heterocycles. The van der Waals surface area contributed by atoms with Crippen LogP contribution < -0.4 is 5.69 Å². The Hall–Kier alpha value is -2.23. The molecule has 1 aromatic carbocycles. The van der Waals surface area contributed by atoms with E-state index in [1.54, 1.807) is 8.87 Å². The summed E-state index contributed by atoms with van der Waals surface area (Å²) in [6.45, 7) is 3.00. The number of rotatable bonds is 6. The lowest BCUT2D eigenvalue weighted by Gasteiger charge is -2.31. The minimum atomic E-state index is -3.33. The van der Waals surface area contributed by atoms with Crippen molar-refractivity contribution in [2.45, 2.75) is 31.9 Å². The maximum atomic E-state index is 12.8. The molecule has 29 heavy (non-hydrogen) atoms. The third kappa shape index (κ3) is 4.52. The standard InChI is InChI=1S/C20H24N4O3S2/c1-15-4-6-17(7-5-15)14-29(26,27)23-10-8-16(9-11-23)13-18-21-22-20(25)24(18)19-3-2-12-28-19/h2-7,12,16H,8-11,13-14H2,1H3,(H,22,25). The Bertz CT molecular complexity index is 1110. The second-order valence-corrected chi connectivity index (χ2v) is 10.4. The molecular formula is C20H24N4O3S2. The van der Waals surface area contributed by atoms with Crippen LogP contribution in [0.5, 0.6) is 0 Å². The zero-order valence-electron chi connectivity index (χ0n) is 16.2. The molecule has 154 valence electrons. The fraction of sp³-hybridized carbons (Fsp3) is 0.400. The number of nitrogens with zero attached hydrogens (tertiary/aromatic N) is 3. The van der Waals surface area contributed by atoms with Crippen LogP contribution in [0.15, 0.2) is 46.6 Å². The van der Waals surface area contributed by atoms with Crippen molar-refractivity contribution in [1.29, 1.82) is 0 Å². The number of aromatic amines is 1. The lowest BCUT2D eigenvalue weighted by atomic mass is 9.94. The van der Waals surface area contributed by atoms with E-state index in [-0.39, 0.29) is 11.4 Å². The van der Waals surface area contributed by atoms with Gasteiger partial charge in [0, 0.05) is 19.5 Å². The van der Waals surface area contributed by atoms with Crippen LogP contribution in [0, 0.1) is 12.8 Å². The molecule has 1 aliphatic rings. The highest BCUT2D eigenvalue weighted by atomic mass is 32.2. The first-order chi connectivity index (χ1) is 13.9. The first kappa shape index (κ1) is 20.1. The molecule has 1 fully saturated rings. The van der Waals surface area contributed by atoms with Crippen molar-refractivity contribution >= 4 is 21.4 Å². The Labute approximate surface area is 174 Å². The third-order valence-corrected chi connectivity index (χ3v) is 8.08. The Morgan fingerprint density at radius 1 is 1.17 bits per heavy atom. The quantitative estimate of drug-likeness (QED) is 0.649. The normalized spacial score (nSPS) is 16.3. The molecule has 0 saturated carbocycles.